The molecule has 0 aliphatic carbocycles. The van der Waals surface area contributed by atoms with E-state index in [-0.39, 0.29) is 35.5 Å². The number of benzene rings is 1. The molecule has 178 valence electrons. The maximum absolute atomic E-state index is 12.9. The smallest absolute Gasteiger partial charge is 0.290 e. The zero-order valence-corrected chi connectivity index (χ0v) is 20.6. The van der Waals surface area contributed by atoms with Crippen LogP contribution in [0.4, 0.5) is 0 Å². The van der Waals surface area contributed by atoms with Gasteiger partial charge in [-0.15, -0.1) is 0 Å². The number of rotatable bonds is 10. The summed E-state index contributed by atoms with van der Waals surface area (Å²) in [7, 11) is 3.56. The number of ether oxygens (including phenoxy) is 1. The molecule has 0 N–H and O–H groups in total. The summed E-state index contributed by atoms with van der Waals surface area (Å²) in [6.45, 7) is 8.98. The predicted molar refractivity (Wildman–Crippen MR) is 126 cm³/mol. The summed E-state index contributed by atoms with van der Waals surface area (Å²) < 4.78 is 5.38. The lowest BCUT2D eigenvalue weighted by Gasteiger charge is -2.40. The van der Waals surface area contributed by atoms with Crippen molar-refractivity contribution in [3.05, 3.63) is 29.8 Å². The molecule has 0 radical (unpaired) electrons. The van der Waals surface area contributed by atoms with Crippen LogP contribution in [0.25, 0.3) is 0 Å². The predicted octanol–water partition coefficient (Wildman–Crippen LogP) is 3.96. The van der Waals surface area contributed by atoms with Crippen molar-refractivity contribution < 1.29 is 19.1 Å². The van der Waals surface area contributed by atoms with Crippen molar-refractivity contribution in [2.24, 2.45) is 17.8 Å². The highest BCUT2D eigenvalue weighted by Gasteiger charge is 2.34. The molecular formula is C26H40N2O4. The molecule has 6 heteroatoms. The summed E-state index contributed by atoms with van der Waals surface area (Å²) in [5.74, 6) is 0.647. The number of carbonyl (C=O) groups is 3. The molecule has 1 heterocycles. The van der Waals surface area contributed by atoms with Crippen LogP contribution in [0.2, 0.25) is 0 Å². The number of Topliss-reactive ketones (excluding diaryl/α,β-unsaturated/α-hetero) is 1. The first-order valence-corrected chi connectivity index (χ1v) is 11.9. The van der Waals surface area contributed by atoms with Crippen LogP contribution in [-0.4, -0.2) is 60.7 Å². The van der Waals surface area contributed by atoms with Crippen molar-refractivity contribution in [1.29, 1.82) is 0 Å². The molecule has 0 spiro atoms. The highest BCUT2D eigenvalue weighted by atomic mass is 16.5. The van der Waals surface area contributed by atoms with E-state index >= 15 is 0 Å². The number of likely N-dealkylation sites (tertiary alicyclic amines) is 1. The Bertz CT molecular complexity index is 784. The van der Waals surface area contributed by atoms with Crippen molar-refractivity contribution in [2.45, 2.75) is 65.8 Å². The van der Waals surface area contributed by atoms with Crippen LogP contribution in [0.5, 0.6) is 5.75 Å². The first-order valence-electron chi connectivity index (χ1n) is 11.9. The number of methoxy groups -OCH3 is 1. The Balaban J connectivity index is 2.14. The van der Waals surface area contributed by atoms with Gasteiger partial charge in [-0.2, -0.15) is 0 Å². The molecule has 1 aromatic rings. The van der Waals surface area contributed by atoms with Gasteiger partial charge in [0.15, 0.2) is 0 Å². The molecule has 1 fully saturated rings. The van der Waals surface area contributed by atoms with E-state index in [1.54, 1.807) is 12.0 Å². The molecule has 0 saturated carbocycles. The maximum Gasteiger partial charge on any atom is 0.290 e. The molecule has 0 bridgehead atoms. The van der Waals surface area contributed by atoms with Crippen molar-refractivity contribution in [3.63, 3.8) is 0 Å². The Morgan fingerprint density at radius 2 is 1.81 bits per heavy atom. The number of ketones is 1. The molecule has 2 rings (SSSR count). The van der Waals surface area contributed by atoms with Crippen molar-refractivity contribution >= 4 is 17.6 Å². The lowest BCUT2D eigenvalue weighted by molar-refractivity contribution is -0.148. The fourth-order valence-corrected chi connectivity index (χ4v) is 4.38. The monoisotopic (exact) mass is 444 g/mol. The van der Waals surface area contributed by atoms with E-state index in [4.69, 9.17) is 4.74 Å². The Kier molecular flexibility index (Phi) is 9.73. The molecular weight excluding hydrogens is 404 g/mol. The summed E-state index contributed by atoms with van der Waals surface area (Å²) in [4.78, 5) is 41.5. The molecule has 0 aromatic heterocycles. The van der Waals surface area contributed by atoms with Gasteiger partial charge >= 0.3 is 0 Å². The number of likely N-dealkylation sites (N-methyl/N-ethyl adjacent to an activating group) is 1. The van der Waals surface area contributed by atoms with Gasteiger partial charge in [0.05, 0.1) is 7.11 Å². The van der Waals surface area contributed by atoms with Crippen LogP contribution in [-0.2, 0) is 20.8 Å². The van der Waals surface area contributed by atoms with Crippen molar-refractivity contribution in [2.75, 3.05) is 27.2 Å². The lowest BCUT2D eigenvalue weighted by Crippen LogP contribution is -2.50. The van der Waals surface area contributed by atoms with Gasteiger partial charge in [0.25, 0.3) is 5.91 Å². The number of nitrogens with zero attached hydrogens (tertiary/aromatic N) is 2. The first kappa shape index (κ1) is 25.9. The fraction of sp³-hybridized carbons (Fsp3) is 0.654. The Morgan fingerprint density at radius 3 is 2.38 bits per heavy atom. The molecule has 6 nitrogen and oxygen atoms in total. The van der Waals surface area contributed by atoms with Crippen LogP contribution >= 0.6 is 0 Å². The molecule has 1 aromatic carbocycles. The zero-order valence-electron chi connectivity index (χ0n) is 20.6. The average molecular weight is 445 g/mol. The van der Waals surface area contributed by atoms with E-state index in [0.717, 1.165) is 30.6 Å². The largest absolute Gasteiger partial charge is 0.497 e. The van der Waals surface area contributed by atoms with Crippen LogP contribution in [0, 0.1) is 17.8 Å². The van der Waals surface area contributed by atoms with Gasteiger partial charge in [-0.3, -0.25) is 14.4 Å². The minimum Gasteiger partial charge on any atom is -0.497 e. The molecule has 2 amide bonds. The molecule has 1 aliphatic heterocycles. The van der Waals surface area contributed by atoms with E-state index < -0.39 is 0 Å². The Labute approximate surface area is 193 Å². The third-order valence-corrected chi connectivity index (χ3v) is 6.69. The van der Waals surface area contributed by atoms with Crippen LogP contribution in [0.15, 0.2) is 24.3 Å². The number of hydrogen-bond donors (Lipinski definition) is 0. The summed E-state index contributed by atoms with van der Waals surface area (Å²) in [6.07, 6.45) is 3.50. The van der Waals surface area contributed by atoms with Gasteiger partial charge in [0.1, 0.15) is 5.75 Å². The van der Waals surface area contributed by atoms with E-state index in [0.29, 0.717) is 31.8 Å². The van der Waals surface area contributed by atoms with Crippen LogP contribution in [0.3, 0.4) is 0 Å². The quantitative estimate of drug-likeness (QED) is 0.512. The van der Waals surface area contributed by atoms with Gasteiger partial charge in [-0.25, -0.2) is 0 Å². The first-order chi connectivity index (χ1) is 15.2. The topological polar surface area (TPSA) is 66.9 Å². The number of hydrogen-bond acceptors (Lipinski definition) is 4. The lowest BCUT2D eigenvalue weighted by atomic mass is 9.84. The second-order valence-corrected chi connectivity index (χ2v) is 9.53. The minimum absolute atomic E-state index is 0.0378. The fourth-order valence-electron chi connectivity index (χ4n) is 4.38. The summed E-state index contributed by atoms with van der Waals surface area (Å²) in [5, 5.41) is 0. The summed E-state index contributed by atoms with van der Waals surface area (Å²) in [6, 6.07) is 8.03. The van der Waals surface area contributed by atoms with Crippen LogP contribution < -0.4 is 4.74 Å². The van der Waals surface area contributed by atoms with Gasteiger partial charge < -0.3 is 14.5 Å². The Morgan fingerprint density at radius 1 is 1.16 bits per heavy atom. The summed E-state index contributed by atoms with van der Waals surface area (Å²) >= 11 is 0. The van der Waals surface area contributed by atoms with E-state index in [9.17, 15) is 14.4 Å². The Hall–Kier alpha value is -2.37. The minimum atomic E-state index is -0.355. The second kappa shape index (κ2) is 12.0. The zero-order chi connectivity index (χ0) is 23.8. The summed E-state index contributed by atoms with van der Waals surface area (Å²) in [5.41, 5.74) is 1.13. The van der Waals surface area contributed by atoms with Gasteiger partial charge in [0.2, 0.25) is 11.7 Å². The van der Waals surface area contributed by atoms with E-state index in [2.05, 4.69) is 19.9 Å². The van der Waals surface area contributed by atoms with Gasteiger partial charge in [-0.05, 0) is 55.2 Å². The van der Waals surface area contributed by atoms with E-state index in [1.807, 2.05) is 44.0 Å². The number of amides is 2. The number of carbonyl (C=O) groups excluding carboxylic acids is 3. The maximum atomic E-state index is 12.9. The average Bonchev–Trinajstić information content (AvgIpc) is 2.80. The van der Waals surface area contributed by atoms with Gasteiger partial charge in [0, 0.05) is 38.5 Å². The molecule has 0 unspecified atom stereocenters. The van der Waals surface area contributed by atoms with Crippen LogP contribution in [0.1, 0.15) is 58.9 Å². The second-order valence-electron chi connectivity index (χ2n) is 9.53. The molecule has 32 heavy (non-hydrogen) atoms. The molecule has 2 atom stereocenters. The molecule has 1 aliphatic rings. The number of piperidine rings is 1. The van der Waals surface area contributed by atoms with Gasteiger partial charge in [-0.1, -0.05) is 39.8 Å². The standard InChI is InChI=1S/C26H40N2O4/c1-7-19(4)25(30)26(31)28-13-11-21(12-14-28)23(27(5)24(29)15-18(2)3)17-20-9-8-10-22(16-20)32-6/h8-10,16,18-19,21,23H,7,11-15,17H2,1-6H3/t19-,23+/m0/s1. The normalized spacial score (nSPS) is 16.5. The third kappa shape index (κ3) is 6.81. The van der Waals surface area contributed by atoms with E-state index in [1.165, 1.54) is 0 Å². The third-order valence-electron chi connectivity index (χ3n) is 6.69. The van der Waals surface area contributed by atoms with Crippen molar-refractivity contribution in [1.82, 2.24) is 9.80 Å². The molecule has 1 saturated heterocycles. The van der Waals surface area contributed by atoms with Crippen molar-refractivity contribution in [3.8, 4) is 5.75 Å². The SMILES string of the molecule is CC[C@H](C)C(=O)C(=O)N1CCC([C@@H](Cc2cccc(OC)c2)N(C)C(=O)CC(C)C)CC1. The highest BCUT2D eigenvalue weighted by Crippen LogP contribution is 2.28. The highest BCUT2D eigenvalue weighted by molar-refractivity contribution is 6.36.